The Kier molecular flexibility index (Phi) is 4.91. The van der Waals surface area contributed by atoms with Crippen LogP contribution in [0.3, 0.4) is 0 Å². The minimum Gasteiger partial charge on any atom is -0.444 e. The molecule has 8 nitrogen and oxygen atoms in total. The first kappa shape index (κ1) is 21.4. The number of carbonyl (C=O) groups excluding carboxylic acids is 1. The number of halogens is 4. The van der Waals surface area contributed by atoms with E-state index in [-0.39, 0.29) is 34.7 Å². The first-order chi connectivity index (χ1) is 14.3. The molecule has 31 heavy (non-hydrogen) atoms. The lowest BCUT2D eigenvalue weighted by Crippen LogP contribution is -2.80. The second-order valence-electron chi connectivity index (χ2n) is 8.45. The van der Waals surface area contributed by atoms with Gasteiger partial charge in [-0.3, -0.25) is 4.90 Å². The van der Waals surface area contributed by atoms with Crippen LogP contribution in [-0.4, -0.2) is 56.7 Å². The molecule has 0 bridgehead atoms. The number of aromatic nitrogens is 3. The van der Waals surface area contributed by atoms with Crippen LogP contribution < -0.4 is 10.6 Å². The number of pyridine rings is 1. The number of anilines is 2. The molecule has 2 fully saturated rings. The second kappa shape index (κ2) is 7.11. The number of fused-ring (bicyclic) bond motifs is 1. The number of rotatable bonds is 2. The average molecular weight is 457 g/mol. The third-order valence-electron chi connectivity index (χ3n) is 5.14. The molecule has 0 aliphatic carbocycles. The molecule has 2 aromatic rings. The van der Waals surface area contributed by atoms with Crippen LogP contribution in [0.1, 0.15) is 26.3 Å². The van der Waals surface area contributed by atoms with Gasteiger partial charge in [0, 0.05) is 30.9 Å². The maximum absolute atomic E-state index is 13.2. The van der Waals surface area contributed by atoms with Gasteiger partial charge in [0.2, 0.25) is 5.28 Å². The number of piperazine rings is 1. The first-order valence-electron chi connectivity index (χ1n) is 9.47. The maximum atomic E-state index is 13.2. The molecule has 1 unspecified atom stereocenters. The number of carbonyl (C=O) groups is 1. The van der Waals surface area contributed by atoms with Gasteiger partial charge in [0.25, 0.3) is 0 Å². The zero-order valence-electron chi connectivity index (χ0n) is 16.9. The largest absolute Gasteiger partial charge is 0.444 e. The molecule has 4 rings (SSSR count). The van der Waals surface area contributed by atoms with Crippen molar-refractivity contribution in [1.29, 1.82) is 0 Å². The van der Waals surface area contributed by atoms with Gasteiger partial charge < -0.3 is 15.4 Å². The van der Waals surface area contributed by atoms with E-state index in [0.717, 1.165) is 6.07 Å². The van der Waals surface area contributed by atoms with Crippen LogP contribution in [0.5, 0.6) is 0 Å². The molecule has 4 heterocycles. The molecule has 2 aliphatic heterocycles. The summed E-state index contributed by atoms with van der Waals surface area (Å²) in [7, 11) is 0. The van der Waals surface area contributed by atoms with E-state index in [2.05, 4.69) is 15.0 Å². The SMILES string of the molecule is CC(C)(C)OC(=O)N1C[C@@H]2C1CN2c1cc(-c2cnc(N)c(C(F)(F)F)c2)nc(Cl)n1. The third-order valence-corrected chi connectivity index (χ3v) is 5.31. The molecule has 12 heteroatoms. The van der Waals surface area contributed by atoms with Crippen molar-refractivity contribution in [2.45, 2.75) is 44.6 Å². The van der Waals surface area contributed by atoms with Crippen LogP contribution in [0.4, 0.5) is 29.6 Å². The van der Waals surface area contributed by atoms with Gasteiger partial charge in [-0.05, 0) is 38.4 Å². The van der Waals surface area contributed by atoms with Crippen molar-refractivity contribution in [2.24, 2.45) is 0 Å². The van der Waals surface area contributed by atoms with Gasteiger partial charge >= 0.3 is 12.3 Å². The van der Waals surface area contributed by atoms with Crippen LogP contribution in [0.25, 0.3) is 11.3 Å². The van der Waals surface area contributed by atoms with E-state index in [9.17, 15) is 18.0 Å². The van der Waals surface area contributed by atoms with Crippen molar-refractivity contribution < 1.29 is 22.7 Å². The fourth-order valence-corrected chi connectivity index (χ4v) is 3.77. The Hall–Kier alpha value is -2.82. The summed E-state index contributed by atoms with van der Waals surface area (Å²) < 4.78 is 44.9. The summed E-state index contributed by atoms with van der Waals surface area (Å²) in [5.41, 5.74) is 4.06. The summed E-state index contributed by atoms with van der Waals surface area (Å²) >= 11 is 6.04. The summed E-state index contributed by atoms with van der Waals surface area (Å²) in [5, 5.41) is -0.107. The van der Waals surface area contributed by atoms with E-state index >= 15 is 0 Å². The minimum absolute atomic E-state index is 0.0120. The lowest BCUT2D eigenvalue weighted by molar-refractivity contribution is -0.137. The van der Waals surface area contributed by atoms with Gasteiger partial charge in [0.1, 0.15) is 17.2 Å². The van der Waals surface area contributed by atoms with E-state index < -0.39 is 23.2 Å². The molecule has 2 N–H and O–H groups in total. The number of nitrogens with zero attached hydrogens (tertiary/aromatic N) is 5. The van der Waals surface area contributed by atoms with Crippen LogP contribution in [0, 0.1) is 0 Å². The fourth-order valence-electron chi connectivity index (χ4n) is 3.59. The molecule has 2 aromatic heterocycles. The minimum atomic E-state index is -4.64. The van der Waals surface area contributed by atoms with Gasteiger partial charge in [0.05, 0.1) is 23.3 Å². The first-order valence-corrected chi connectivity index (χ1v) is 9.85. The number of likely N-dealkylation sites (tertiary alicyclic amines) is 1. The number of hydrogen-bond donors (Lipinski definition) is 1. The third kappa shape index (κ3) is 4.06. The molecule has 2 saturated heterocycles. The summed E-state index contributed by atoms with van der Waals surface area (Å²) in [5.74, 6) is -0.149. The highest BCUT2D eigenvalue weighted by atomic mass is 35.5. The number of nitrogen functional groups attached to an aromatic ring is 1. The lowest BCUT2D eigenvalue weighted by Gasteiger charge is -2.61. The van der Waals surface area contributed by atoms with Crippen molar-refractivity contribution in [3.63, 3.8) is 0 Å². The van der Waals surface area contributed by atoms with Gasteiger partial charge in [-0.15, -0.1) is 0 Å². The predicted molar refractivity (Wildman–Crippen MR) is 108 cm³/mol. The monoisotopic (exact) mass is 456 g/mol. The van der Waals surface area contributed by atoms with E-state index in [1.807, 2.05) is 4.90 Å². The predicted octanol–water partition coefficient (Wildman–Crippen LogP) is 3.60. The Labute approximate surface area is 181 Å². The number of ether oxygens (including phenoxy) is 1. The molecule has 0 aromatic carbocycles. The van der Waals surface area contributed by atoms with Crippen molar-refractivity contribution in [3.8, 4) is 11.3 Å². The Morgan fingerprint density at radius 2 is 1.90 bits per heavy atom. The van der Waals surface area contributed by atoms with Gasteiger partial charge in [-0.25, -0.2) is 19.7 Å². The maximum Gasteiger partial charge on any atom is 0.419 e. The Morgan fingerprint density at radius 1 is 1.19 bits per heavy atom. The van der Waals surface area contributed by atoms with Gasteiger partial charge in [0.15, 0.2) is 0 Å². The fraction of sp³-hybridized carbons (Fsp3) is 0.474. The smallest absolute Gasteiger partial charge is 0.419 e. The summed E-state index contributed by atoms with van der Waals surface area (Å²) in [6, 6.07) is 2.45. The number of alkyl halides is 3. The molecule has 2 atom stereocenters. The quantitative estimate of drug-likeness (QED) is 0.689. The second-order valence-corrected chi connectivity index (χ2v) is 8.79. The summed E-state index contributed by atoms with van der Waals surface area (Å²) in [6.07, 6.45) is -3.81. The Morgan fingerprint density at radius 3 is 2.48 bits per heavy atom. The normalized spacial score (nSPS) is 20.6. The van der Waals surface area contributed by atoms with Crippen LogP contribution in [-0.2, 0) is 10.9 Å². The van der Waals surface area contributed by atoms with Gasteiger partial charge in [-0.2, -0.15) is 13.2 Å². The molecule has 0 spiro atoms. The van der Waals surface area contributed by atoms with Crippen molar-refractivity contribution in [1.82, 2.24) is 19.9 Å². The highest BCUT2D eigenvalue weighted by Gasteiger charge is 2.55. The summed E-state index contributed by atoms with van der Waals surface area (Å²) in [6.45, 7) is 6.37. The molecule has 0 saturated carbocycles. The van der Waals surface area contributed by atoms with Gasteiger partial charge in [-0.1, -0.05) is 0 Å². The van der Waals surface area contributed by atoms with E-state index in [4.69, 9.17) is 22.1 Å². The Balaban J connectivity index is 1.53. The lowest BCUT2D eigenvalue weighted by atomic mass is 9.86. The van der Waals surface area contributed by atoms with Crippen LogP contribution >= 0.6 is 11.6 Å². The Bertz CT molecular complexity index is 1040. The highest BCUT2D eigenvalue weighted by Crippen LogP contribution is 2.39. The standard InChI is InChI=1S/C19H20ClF3N6O2/c1-18(2,3)31-17(30)29-8-12-13(29)7-28(12)14-5-11(26-16(20)27-14)9-4-10(19(21,22)23)15(24)25-6-9/h4-6,12-13H,7-8H2,1-3H3,(H2,24,25)/t12-,13?/m1/s1. The molecular formula is C19H20ClF3N6O2. The van der Waals surface area contributed by atoms with E-state index in [1.165, 1.54) is 6.20 Å². The molecule has 166 valence electrons. The van der Waals surface area contributed by atoms with Crippen molar-refractivity contribution >= 4 is 29.3 Å². The average Bonchev–Trinajstić information content (AvgIpc) is 2.60. The highest BCUT2D eigenvalue weighted by molar-refractivity contribution is 6.28. The molecule has 0 radical (unpaired) electrons. The molecular weight excluding hydrogens is 437 g/mol. The molecule has 2 aliphatic rings. The zero-order valence-corrected chi connectivity index (χ0v) is 17.7. The molecule has 1 amide bonds. The topological polar surface area (TPSA) is 97.5 Å². The van der Waals surface area contributed by atoms with Crippen molar-refractivity contribution in [3.05, 3.63) is 29.2 Å². The zero-order chi connectivity index (χ0) is 22.7. The van der Waals surface area contributed by atoms with Crippen LogP contribution in [0.15, 0.2) is 18.3 Å². The number of amides is 1. The number of nitrogens with two attached hydrogens (primary N) is 1. The van der Waals surface area contributed by atoms with E-state index in [0.29, 0.717) is 18.9 Å². The summed E-state index contributed by atoms with van der Waals surface area (Å²) in [4.78, 5) is 27.7. The number of hydrogen-bond acceptors (Lipinski definition) is 7. The van der Waals surface area contributed by atoms with Crippen LogP contribution in [0.2, 0.25) is 5.28 Å². The van der Waals surface area contributed by atoms with Crippen molar-refractivity contribution in [2.75, 3.05) is 23.7 Å². The van der Waals surface area contributed by atoms with E-state index in [1.54, 1.807) is 31.7 Å².